The molecule has 0 fully saturated rings. The first-order chi connectivity index (χ1) is 11.4. The van der Waals surface area contributed by atoms with Gasteiger partial charge in [0.05, 0.1) is 19.1 Å². The summed E-state index contributed by atoms with van der Waals surface area (Å²) in [5.41, 5.74) is 0.449. The van der Waals surface area contributed by atoms with E-state index >= 15 is 0 Å². The highest BCUT2D eigenvalue weighted by Gasteiger charge is 2.20. The second-order valence-electron chi connectivity index (χ2n) is 5.78. The molecule has 134 valence electrons. The SMILES string of the molecule is CCCOc1ccc(C(=O)N(C)CC(C)C(=O)O)cc1OCCC. The lowest BCUT2D eigenvalue weighted by molar-refractivity contribution is -0.141. The standard InChI is InChI=1S/C18H27NO5/c1-5-9-23-15-8-7-14(11-16(15)24-10-6-2)17(20)19(4)12-13(3)18(21)22/h7-8,11,13H,5-6,9-10,12H2,1-4H3,(H,21,22). The van der Waals surface area contributed by atoms with Gasteiger partial charge in [-0.15, -0.1) is 0 Å². The minimum atomic E-state index is -0.926. The van der Waals surface area contributed by atoms with Crippen molar-refractivity contribution < 1.29 is 24.2 Å². The first-order valence-electron chi connectivity index (χ1n) is 8.28. The molecule has 1 atom stereocenters. The number of rotatable bonds is 10. The van der Waals surface area contributed by atoms with Crippen LogP contribution in [0.3, 0.4) is 0 Å². The molecule has 1 rings (SSSR count). The molecular weight excluding hydrogens is 310 g/mol. The quantitative estimate of drug-likeness (QED) is 0.710. The van der Waals surface area contributed by atoms with Gasteiger partial charge in [0.2, 0.25) is 0 Å². The molecule has 0 bridgehead atoms. The van der Waals surface area contributed by atoms with Crippen LogP contribution in [0, 0.1) is 5.92 Å². The number of hydrogen-bond acceptors (Lipinski definition) is 4. The van der Waals surface area contributed by atoms with Crippen molar-refractivity contribution in [1.82, 2.24) is 4.90 Å². The van der Waals surface area contributed by atoms with Crippen molar-refractivity contribution in [2.75, 3.05) is 26.8 Å². The molecule has 0 saturated carbocycles. The fourth-order valence-corrected chi connectivity index (χ4v) is 2.09. The van der Waals surface area contributed by atoms with E-state index in [-0.39, 0.29) is 12.5 Å². The van der Waals surface area contributed by atoms with E-state index in [1.54, 1.807) is 32.2 Å². The smallest absolute Gasteiger partial charge is 0.308 e. The third-order valence-corrected chi connectivity index (χ3v) is 3.43. The summed E-state index contributed by atoms with van der Waals surface area (Å²) in [7, 11) is 1.59. The monoisotopic (exact) mass is 337 g/mol. The Morgan fingerprint density at radius 2 is 1.71 bits per heavy atom. The van der Waals surface area contributed by atoms with Crippen LogP contribution >= 0.6 is 0 Å². The van der Waals surface area contributed by atoms with Gasteiger partial charge in [0.1, 0.15) is 0 Å². The van der Waals surface area contributed by atoms with Crippen LogP contribution in [0.25, 0.3) is 0 Å². The molecule has 1 amide bonds. The Balaban J connectivity index is 2.93. The number of nitrogens with zero attached hydrogens (tertiary/aromatic N) is 1. The van der Waals surface area contributed by atoms with E-state index in [4.69, 9.17) is 14.6 Å². The highest BCUT2D eigenvalue weighted by molar-refractivity contribution is 5.95. The zero-order valence-electron chi connectivity index (χ0n) is 14.9. The van der Waals surface area contributed by atoms with Gasteiger partial charge in [0.15, 0.2) is 11.5 Å². The van der Waals surface area contributed by atoms with Crippen molar-refractivity contribution in [2.45, 2.75) is 33.6 Å². The number of benzene rings is 1. The van der Waals surface area contributed by atoms with E-state index in [1.165, 1.54) is 4.90 Å². The maximum absolute atomic E-state index is 12.5. The van der Waals surface area contributed by atoms with Gasteiger partial charge < -0.3 is 19.5 Å². The Morgan fingerprint density at radius 3 is 2.25 bits per heavy atom. The normalized spacial score (nSPS) is 11.7. The Labute approximate surface area is 143 Å². The Morgan fingerprint density at radius 1 is 1.12 bits per heavy atom. The minimum absolute atomic E-state index is 0.146. The average Bonchev–Trinajstić information content (AvgIpc) is 2.57. The topological polar surface area (TPSA) is 76.1 Å². The molecule has 1 aromatic carbocycles. The number of carbonyl (C=O) groups excluding carboxylic acids is 1. The summed E-state index contributed by atoms with van der Waals surface area (Å²) in [6.45, 7) is 6.85. The molecule has 24 heavy (non-hydrogen) atoms. The van der Waals surface area contributed by atoms with Crippen molar-refractivity contribution in [3.63, 3.8) is 0 Å². The third kappa shape index (κ3) is 5.76. The maximum Gasteiger partial charge on any atom is 0.308 e. The number of amides is 1. The molecule has 1 aromatic rings. The van der Waals surface area contributed by atoms with Crippen molar-refractivity contribution in [1.29, 1.82) is 0 Å². The summed E-state index contributed by atoms with van der Waals surface area (Å²) in [5, 5.41) is 8.97. The Kier molecular flexibility index (Phi) is 8.09. The van der Waals surface area contributed by atoms with E-state index in [1.807, 2.05) is 13.8 Å². The number of aliphatic carboxylic acids is 1. The summed E-state index contributed by atoms with van der Waals surface area (Å²) < 4.78 is 11.3. The zero-order chi connectivity index (χ0) is 18.1. The molecule has 1 unspecified atom stereocenters. The first kappa shape index (κ1) is 19.8. The second-order valence-corrected chi connectivity index (χ2v) is 5.78. The van der Waals surface area contributed by atoms with E-state index in [0.29, 0.717) is 30.3 Å². The maximum atomic E-state index is 12.5. The Hall–Kier alpha value is -2.24. The van der Waals surface area contributed by atoms with Crippen molar-refractivity contribution in [3.8, 4) is 11.5 Å². The molecule has 6 heteroatoms. The lowest BCUT2D eigenvalue weighted by Gasteiger charge is -2.20. The molecule has 0 radical (unpaired) electrons. The van der Waals surface area contributed by atoms with Gasteiger partial charge in [-0.2, -0.15) is 0 Å². The van der Waals surface area contributed by atoms with Crippen LogP contribution in [0.15, 0.2) is 18.2 Å². The summed E-state index contributed by atoms with van der Waals surface area (Å²) >= 11 is 0. The number of hydrogen-bond donors (Lipinski definition) is 1. The molecule has 0 aliphatic carbocycles. The van der Waals surface area contributed by atoms with Crippen molar-refractivity contribution >= 4 is 11.9 Å². The van der Waals surface area contributed by atoms with Gasteiger partial charge in [-0.3, -0.25) is 9.59 Å². The van der Waals surface area contributed by atoms with Gasteiger partial charge >= 0.3 is 5.97 Å². The largest absolute Gasteiger partial charge is 0.490 e. The molecule has 0 aromatic heterocycles. The van der Waals surface area contributed by atoms with Gasteiger partial charge in [0, 0.05) is 19.2 Å². The lowest BCUT2D eigenvalue weighted by atomic mass is 10.1. The lowest BCUT2D eigenvalue weighted by Crippen LogP contribution is -2.33. The first-order valence-corrected chi connectivity index (χ1v) is 8.28. The highest BCUT2D eigenvalue weighted by atomic mass is 16.5. The van der Waals surface area contributed by atoms with E-state index in [0.717, 1.165) is 12.8 Å². The molecule has 0 saturated heterocycles. The van der Waals surface area contributed by atoms with Crippen LogP contribution in [-0.2, 0) is 4.79 Å². The molecule has 1 N–H and O–H groups in total. The Bertz CT molecular complexity index is 558. The summed E-state index contributed by atoms with van der Waals surface area (Å²) in [5.74, 6) is -0.641. The molecule has 0 aliphatic heterocycles. The van der Waals surface area contributed by atoms with Crippen LogP contribution in [-0.4, -0.2) is 48.7 Å². The molecule has 0 aliphatic rings. The van der Waals surface area contributed by atoms with Crippen molar-refractivity contribution in [2.24, 2.45) is 5.92 Å². The predicted molar refractivity (Wildman–Crippen MR) is 91.8 cm³/mol. The molecule has 6 nitrogen and oxygen atoms in total. The van der Waals surface area contributed by atoms with E-state index in [9.17, 15) is 9.59 Å². The van der Waals surface area contributed by atoms with Gasteiger partial charge in [-0.1, -0.05) is 20.8 Å². The molecule has 0 heterocycles. The molecular formula is C18H27NO5. The predicted octanol–water partition coefficient (Wildman–Crippen LogP) is 3.06. The second kappa shape index (κ2) is 9.80. The summed E-state index contributed by atoms with van der Waals surface area (Å²) in [4.78, 5) is 24.8. The van der Waals surface area contributed by atoms with Crippen LogP contribution < -0.4 is 9.47 Å². The summed E-state index contributed by atoms with van der Waals surface area (Å²) in [6, 6.07) is 5.06. The number of ether oxygens (including phenoxy) is 2. The van der Waals surface area contributed by atoms with Crippen LogP contribution in [0.2, 0.25) is 0 Å². The van der Waals surface area contributed by atoms with Crippen LogP contribution in [0.5, 0.6) is 11.5 Å². The zero-order valence-corrected chi connectivity index (χ0v) is 14.9. The fraction of sp³-hybridized carbons (Fsp3) is 0.556. The highest BCUT2D eigenvalue weighted by Crippen LogP contribution is 2.29. The van der Waals surface area contributed by atoms with Crippen LogP contribution in [0.1, 0.15) is 44.0 Å². The van der Waals surface area contributed by atoms with E-state index < -0.39 is 11.9 Å². The number of carboxylic acids is 1. The number of carbonyl (C=O) groups is 2. The summed E-state index contributed by atoms with van der Waals surface area (Å²) in [6.07, 6.45) is 1.73. The van der Waals surface area contributed by atoms with Gasteiger partial charge in [-0.05, 0) is 31.0 Å². The average molecular weight is 337 g/mol. The molecule has 0 spiro atoms. The van der Waals surface area contributed by atoms with Gasteiger partial charge in [-0.25, -0.2) is 0 Å². The number of carboxylic acid groups (broad SMARTS) is 1. The van der Waals surface area contributed by atoms with E-state index in [2.05, 4.69) is 0 Å². The third-order valence-electron chi connectivity index (χ3n) is 3.43. The fourth-order valence-electron chi connectivity index (χ4n) is 2.09. The van der Waals surface area contributed by atoms with Crippen molar-refractivity contribution in [3.05, 3.63) is 23.8 Å². The van der Waals surface area contributed by atoms with Gasteiger partial charge in [0.25, 0.3) is 5.91 Å². The minimum Gasteiger partial charge on any atom is -0.490 e. The van der Waals surface area contributed by atoms with Crippen LogP contribution in [0.4, 0.5) is 0 Å².